The summed E-state index contributed by atoms with van der Waals surface area (Å²) in [5, 5.41) is 11.3. The first-order valence-electron chi connectivity index (χ1n) is 5.99. The Morgan fingerprint density at radius 3 is 2.67 bits per heavy atom. The summed E-state index contributed by atoms with van der Waals surface area (Å²) in [6.07, 6.45) is 5.93. The molecule has 0 radical (unpaired) electrons. The molecule has 0 aliphatic heterocycles. The van der Waals surface area contributed by atoms with Crippen molar-refractivity contribution in [2.45, 2.75) is 31.4 Å². The SMILES string of the molecule is CCC(CC)(CNc1nnccc1C(N)=S)SC. The van der Waals surface area contributed by atoms with Crippen LogP contribution in [-0.2, 0) is 0 Å². The molecular weight excluding hydrogens is 264 g/mol. The van der Waals surface area contributed by atoms with Crippen LogP contribution in [0.1, 0.15) is 32.3 Å². The number of hydrogen-bond donors (Lipinski definition) is 2. The maximum Gasteiger partial charge on any atom is 0.158 e. The van der Waals surface area contributed by atoms with Crippen molar-refractivity contribution in [3.8, 4) is 0 Å². The molecule has 1 rings (SSSR count). The van der Waals surface area contributed by atoms with Gasteiger partial charge in [-0.05, 0) is 25.2 Å². The second-order valence-electron chi connectivity index (χ2n) is 4.11. The van der Waals surface area contributed by atoms with Crippen LogP contribution in [0.4, 0.5) is 5.82 Å². The number of rotatable bonds is 7. The molecule has 3 N–H and O–H groups in total. The zero-order valence-corrected chi connectivity index (χ0v) is 12.7. The molecule has 1 heterocycles. The number of anilines is 1. The summed E-state index contributed by atoms with van der Waals surface area (Å²) < 4.78 is 0.213. The number of nitrogens with one attached hydrogen (secondary N) is 1. The molecule has 0 fully saturated rings. The van der Waals surface area contributed by atoms with Crippen molar-refractivity contribution >= 4 is 34.8 Å². The van der Waals surface area contributed by atoms with Gasteiger partial charge in [-0.1, -0.05) is 26.1 Å². The van der Waals surface area contributed by atoms with Gasteiger partial charge in [0.25, 0.3) is 0 Å². The Labute approximate surface area is 118 Å². The number of thioether (sulfide) groups is 1. The van der Waals surface area contributed by atoms with Crippen LogP contribution in [0.2, 0.25) is 0 Å². The molecule has 1 aromatic heterocycles. The quantitative estimate of drug-likeness (QED) is 0.750. The van der Waals surface area contributed by atoms with Gasteiger partial charge in [0.1, 0.15) is 4.99 Å². The van der Waals surface area contributed by atoms with E-state index in [1.807, 2.05) is 11.8 Å². The summed E-state index contributed by atoms with van der Waals surface area (Å²) in [6.45, 7) is 5.23. The average Bonchev–Trinajstić information content (AvgIpc) is 2.41. The van der Waals surface area contributed by atoms with E-state index in [-0.39, 0.29) is 4.75 Å². The molecule has 0 spiro atoms. The van der Waals surface area contributed by atoms with Gasteiger partial charge < -0.3 is 11.1 Å². The second kappa shape index (κ2) is 6.89. The van der Waals surface area contributed by atoms with Crippen LogP contribution >= 0.6 is 24.0 Å². The van der Waals surface area contributed by atoms with E-state index in [0.29, 0.717) is 10.8 Å². The van der Waals surface area contributed by atoms with Gasteiger partial charge in [-0.3, -0.25) is 0 Å². The van der Waals surface area contributed by atoms with E-state index < -0.39 is 0 Å². The highest BCUT2D eigenvalue weighted by atomic mass is 32.2. The Morgan fingerprint density at radius 1 is 1.50 bits per heavy atom. The Kier molecular flexibility index (Phi) is 5.81. The molecule has 0 aliphatic carbocycles. The molecule has 4 nitrogen and oxygen atoms in total. The molecule has 0 unspecified atom stereocenters. The highest BCUT2D eigenvalue weighted by molar-refractivity contribution is 8.00. The van der Waals surface area contributed by atoms with Crippen LogP contribution in [0.3, 0.4) is 0 Å². The number of thiocarbonyl (C=S) groups is 1. The monoisotopic (exact) mass is 284 g/mol. The van der Waals surface area contributed by atoms with E-state index in [1.54, 1.807) is 12.3 Å². The van der Waals surface area contributed by atoms with E-state index >= 15 is 0 Å². The fourth-order valence-corrected chi connectivity index (χ4v) is 2.73. The summed E-state index contributed by atoms with van der Waals surface area (Å²) in [4.78, 5) is 0.343. The van der Waals surface area contributed by atoms with Crippen molar-refractivity contribution in [3.05, 3.63) is 17.8 Å². The lowest BCUT2D eigenvalue weighted by Gasteiger charge is -2.30. The first-order valence-corrected chi connectivity index (χ1v) is 7.62. The van der Waals surface area contributed by atoms with Crippen LogP contribution in [0.15, 0.2) is 12.3 Å². The third-order valence-electron chi connectivity index (χ3n) is 3.29. The highest BCUT2D eigenvalue weighted by Gasteiger charge is 2.25. The van der Waals surface area contributed by atoms with Crippen molar-refractivity contribution in [2.75, 3.05) is 18.1 Å². The molecule has 0 amide bonds. The van der Waals surface area contributed by atoms with E-state index in [2.05, 4.69) is 35.6 Å². The molecule has 0 aromatic carbocycles. The van der Waals surface area contributed by atoms with Gasteiger partial charge in [0.15, 0.2) is 5.82 Å². The Bertz CT molecular complexity index is 397. The van der Waals surface area contributed by atoms with E-state index in [4.69, 9.17) is 18.0 Å². The summed E-state index contributed by atoms with van der Waals surface area (Å²) in [5.41, 5.74) is 6.42. The molecule has 0 saturated carbocycles. The zero-order chi connectivity index (χ0) is 13.6. The van der Waals surface area contributed by atoms with Gasteiger partial charge in [-0.2, -0.15) is 16.9 Å². The van der Waals surface area contributed by atoms with Crippen molar-refractivity contribution in [2.24, 2.45) is 5.73 Å². The van der Waals surface area contributed by atoms with Crippen LogP contribution in [0, 0.1) is 0 Å². The lowest BCUT2D eigenvalue weighted by molar-refractivity contribution is 0.573. The molecule has 1 aromatic rings. The van der Waals surface area contributed by atoms with E-state index in [1.165, 1.54) is 0 Å². The lowest BCUT2D eigenvalue weighted by Crippen LogP contribution is -2.33. The normalized spacial score (nSPS) is 11.3. The summed E-state index contributed by atoms with van der Waals surface area (Å²) >= 11 is 6.88. The topological polar surface area (TPSA) is 63.8 Å². The first-order chi connectivity index (χ1) is 8.58. The van der Waals surface area contributed by atoms with Crippen molar-refractivity contribution in [3.63, 3.8) is 0 Å². The Morgan fingerprint density at radius 2 is 2.17 bits per heavy atom. The summed E-state index contributed by atoms with van der Waals surface area (Å²) in [5.74, 6) is 0.672. The molecule has 100 valence electrons. The van der Waals surface area contributed by atoms with Crippen molar-refractivity contribution < 1.29 is 0 Å². The predicted octanol–water partition coefficient (Wildman–Crippen LogP) is 2.44. The zero-order valence-electron chi connectivity index (χ0n) is 11.1. The van der Waals surface area contributed by atoms with Gasteiger partial charge in [-0.15, -0.1) is 5.10 Å². The standard InChI is InChI=1S/C12H20N4S2/c1-4-12(5-2,18-3)8-14-11-9(10(13)17)6-7-15-16-11/h6-7H,4-5,8H2,1-3H3,(H2,13,17)(H,14,16). The van der Waals surface area contributed by atoms with E-state index in [9.17, 15) is 0 Å². The number of nitrogens with two attached hydrogens (primary N) is 1. The number of hydrogen-bond acceptors (Lipinski definition) is 5. The van der Waals surface area contributed by atoms with Crippen LogP contribution in [-0.4, -0.2) is 32.7 Å². The Balaban J connectivity index is 2.83. The van der Waals surface area contributed by atoms with Crippen LogP contribution in [0.25, 0.3) is 0 Å². The number of nitrogens with zero attached hydrogens (tertiary/aromatic N) is 2. The third kappa shape index (κ3) is 3.55. The fourth-order valence-electron chi connectivity index (χ4n) is 1.77. The van der Waals surface area contributed by atoms with Crippen LogP contribution in [0.5, 0.6) is 0 Å². The molecule has 6 heteroatoms. The predicted molar refractivity (Wildman–Crippen MR) is 83.2 cm³/mol. The fraction of sp³-hybridized carbons (Fsp3) is 0.583. The lowest BCUT2D eigenvalue weighted by atomic mass is 10.0. The molecule has 0 atom stereocenters. The molecule has 18 heavy (non-hydrogen) atoms. The molecule has 0 bridgehead atoms. The maximum absolute atomic E-state index is 5.67. The summed E-state index contributed by atoms with van der Waals surface area (Å²) in [6, 6.07) is 1.79. The average molecular weight is 284 g/mol. The Hall–Kier alpha value is -0.880. The minimum atomic E-state index is 0.213. The van der Waals surface area contributed by atoms with E-state index in [0.717, 1.165) is 24.9 Å². The molecule has 0 aliphatic rings. The minimum Gasteiger partial charge on any atom is -0.389 e. The first kappa shape index (κ1) is 15.2. The number of aromatic nitrogens is 2. The molecule has 0 saturated heterocycles. The molecular formula is C12H20N4S2. The summed E-state index contributed by atoms with van der Waals surface area (Å²) in [7, 11) is 0. The van der Waals surface area contributed by atoms with Crippen LogP contribution < -0.4 is 11.1 Å². The largest absolute Gasteiger partial charge is 0.389 e. The van der Waals surface area contributed by atoms with Crippen molar-refractivity contribution in [1.82, 2.24) is 10.2 Å². The maximum atomic E-state index is 5.67. The smallest absolute Gasteiger partial charge is 0.158 e. The second-order valence-corrected chi connectivity index (χ2v) is 5.82. The van der Waals surface area contributed by atoms with Gasteiger partial charge >= 0.3 is 0 Å². The van der Waals surface area contributed by atoms with Gasteiger partial charge in [0.05, 0.1) is 11.8 Å². The van der Waals surface area contributed by atoms with Gasteiger partial charge in [0.2, 0.25) is 0 Å². The van der Waals surface area contributed by atoms with Crippen molar-refractivity contribution in [1.29, 1.82) is 0 Å². The van der Waals surface area contributed by atoms with Gasteiger partial charge in [-0.25, -0.2) is 0 Å². The highest BCUT2D eigenvalue weighted by Crippen LogP contribution is 2.30. The minimum absolute atomic E-state index is 0.213. The van der Waals surface area contributed by atoms with Gasteiger partial charge in [0, 0.05) is 11.3 Å². The third-order valence-corrected chi connectivity index (χ3v) is 5.09.